The first kappa shape index (κ1) is 25.1. The molecule has 0 N–H and O–H groups in total. The van der Waals surface area contributed by atoms with Gasteiger partial charge in [0, 0.05) is 24.8 Å². The summed E-state index contributed by atoms with van der Waals surface area (Å²) >= 11 is 0. The van der Waals surface area contributed by atoms with Crippen molar-refractivity contribution in [1.82, 2.24) is 0 Å². The van der Waals surface area contributed by atoms with E-state index in [0.29, 0.717) is 6.07 Å². The number of rotatable bonds is 8. The topological polar surface area (TPSA) is 78.9 Å². The Kier molecular flexibility index (Phi) is 8.14. The van der Waals surface area contributed by atoms with Crippen LogP contribution < -0.4 is 5.19 Å². The van der Waals surface area contributed by atoms with Crippen molar-refractivity contribution in [3.05, 3.63) is 53.6 Å². The van der Waals surface area contributed by atoms with E-state index in [2.05, 4.69) is 0 Å². The van der Waals surface area contributed by atoms with Gasteiger partial charge in [0.15, 0.2) is 23.3 Å². The molecule has 0 unspecified atom stereocenters. The van der Waals surface area contributed by atoms with Gasteiger partial charge in [0.05, 0.1) is 5.19 Å². The Balaban J connectivity index is 2.60. The van der Waals surface area contributed by atoms with Crippen LogP contribution in [-0.2, 0) is 27.7 Å². The van der Waals surface area contributed by atoms with Crippen LogP contribution in [-0.4, -0.2) is 26.7 Å². The van der Waals surface area contributed by atoms with E-state index in [4.69, 9.17) is 13.3 Å². The van der Waals surface area contributed by atoms with E-state index in [9.17, 15) is 31.9 Å². The first-order chi connectivity index (χ1) is 15.1. The van der Waals surface area contributed by atoms with Crippen molar-refractivity contribution >= 4 is 31.9 Å². The van der Waals surface area contributed by atoms with Crippen LogP contribution >= 0.6 is 0 Å². The summed E-state index contributed by atoms with van der Waals surface area (Å²) in [4.78, 5) is 36.1. The van der Waals surface area contributed by atoms with Crippen LogP contribution in [0.15, 0.2) is 30.3 Å². The van der Waals surface area contributed by atoms with Gasteiger partial charge in [-0.05, 0) is 11.6 Å². The maximum absolute atomic E-state index is 14.1. The van der Waals surface area contributed by atoms with Gasteiger partial charge in [-0.3, -0.25) is 14.4 Å². The Morgan fingerprint density at radius 3 is 1.56 bits per heavy atom. The molecule has 0 spiro atoms. The van der Waals surface area contributed by atoms with Crippen LogP contribution in [0.25, 0.3) is 11.1 Å². The number of benzene rings is 2. The van der Waals surface area contributed by atoms with Crippen LogP contribution in [0.4, 0.5) is 17.6 Å². The van der Waals surface area contributed by atoms with Gasteiger partial charge in [-0.15, -0.1) is 0 Å². The fourth-order valence-electron chi connectivity index (χ4n) is 2.54. The molecule has 172 valence electrons. The molecule has 2 aromatic rings. The molecular weight excluding hydrogens is 452 g/mol. The van der Waals surface area contributed by atoms with Crippen molar-refractivity contribution in [2.24, 2.45) is 0 Å². The van der Waals surface area contributed by atoms with Crippen LogP contribution in [0.2, 0.25) is 0 Å². The summed E-state index contributed by atoms with van der Waals surface area (Å²) < 4.78 is 70.5. The van der Waals surface area contributed by atoms with Crippen molar-refractivity contribution < 1.29 is 45.2 Å². The van der Waals surface area contributed by atoms with Crippen molar-refractivity contribution in [1.29, 1.82) is 0 Å². The molecule has 0 fully saturated rings. The molecule has 0 saturated heterocycles. The minimum atomic E-state index is -4.44. The highest BCUT2D eigenvalue weighted by Gasteiger charge is 2.55. The second-order valence-corrected chi connectivity index (χ2v) is 8.77. The van der Waals surface area contributed by atoms with Crippen LogP contribution in [0.5, 0.6) is 0 Å². The van der Waals surface area contributed by atoms with E-state index in [0.717, 1.165) is 0 Å². The summed E-state index contributed by atoms with van der Waals surface area (Å²) in [6.45, 7) is 4.44. The van der Waals surface area contributed by atoms with E-state index in [1.807, 2.05) is 0 Å². The summed E-state index contributed by atoms with van der Waals surface area (Å²) in [5.41, 5.74) is -0.626. The smallest absolute Gasteiger partial charge is 0.452 e. The van der Waals surface area contributed by atoms with Crippen molar-refractivity contribution in [3.8, 4) is 11.1 Å². The SMILES string of the molecule is CCC(=O)O[Si](OC(=O)CC)(OC(=O)CC)c1ccc(-c2cc(F)c(F)c(F)c2F)cc1. The summed E-state index contributed by atoms with van der Waals surface area (Å²) in [6.07, 6.45) is -0.335. The fraction of sp³-hybridized carbons (Fsp3) is 0.286. The van der Waals surface area contributed by atoms with E-state index < -0.39 is 55.5 Å². The van der Waals surface area contributed by atoms with E-state index in [-0.39, 0.29) is 30.0 Å². The molecule has 2 aromatic carbocycles. The lowest BCUT2D eigenvalue weighted by molar-refractivity contribution is -0.149. The third-order valence-corrected chi connectivity index (χ3v) is 6.79. The largest absolute Gasteiger partial charge is 0.742 e. The van der Waals surface area contributed by atoms with Gasteiger partial charge < -0.3 is 13.3 Å². The molecule has 0 radical (unpaired) electrons. The molecule has 32 heavy (non-hydrogen) atoms. The summed E-state index contributed by atoms with van der Waals surface area (Å²) in [7, 11) is -4.44. The highest BCUT2D eigenvalue weighted by molar-refractivity contribution is 6.79. The molecule has 0 aliphatic rings. The Morgan fingerprint density at radius 2 is 1.16 bits per heavy atom. The standard InChI is InChI=1S/C21H20F4O6Si/c1-4-16(26)29-32(30-17(27)5-2,31-18(28)6-3)13-9-7-12(8-10-13)14-11-15(22)20(24)21(25)19(14)23/h7-11H,4-6H2,1-3H3. The average Bonchev–Trinajstić information content (AvgIpc) is 2.79. The van der Waals surface area contributed by atoms with Gasteiger partial charge in [-0.2, -0.15) is 0 Å². The van der Waals surface area contributed by atoms with Gasteiger partial charge in [0.1, 0.15) is 0 Å². The third kappa shape index (κ3) is 5.33. The van der Waals surface area contributed by atoms with Crippen molar-refractivity contribution in [2.75, 3.05) is 0 Å². The van der Waals surface area contributed by atoms with Crippen molar-refractivity contribution in [3.63, 3.8) is 0 Å². The molecule has 2 rings (SSSR count). The first-order valence-electron chi connectivity index (χ1n) is 9.67. The molecule has 0 bridgehead atoms. The normalized spacial score (nSPS) is 11.1. The maximum atomic E-state index is 14.1. The molecule has 0 atom stereocenters. The Hall–Kier alpha value is -3.21. The van der Waals surface area contributed by atoms with E-state index >= 15 is 0 Å². The number of carbonyl (C=O) groups excluding carboxylic acids is 3. The third-order valence-electron chi connectivity index (χ3n) is 4.26. The predicted molar refractivity (Wildman–Crippen MR) is 106 cm³/mol. The predicted octanol–water partition coefficient (Wildman–Crippen LogP) is 3.92. The Bertz CT molecular complexity index is 980. The quantitative estimate of drug-likeness (QED) is 0.251. The van der Waals surface area contributed by atoms with E-state index in [1.54, 1.807) is 0 Å². The van der Waals surface area contributed by atoms with Gasteiger partial charge >= 0.3 is 8.80 Å². The zero-order chi connectivity index (χ0) is 24.1. The number of halogens is 4. The minimum absolute atomic E-state index is 0.00452. The van der Waals surface area contributed by atoms with Crippen LogP contribution in [0, 0.1) is 23.3 Å². The maximum Gasteiger partial charge on any atom is 0.742 e. The number of carbonyl (C=O) groups is 3. The lowest BCUT2D eigenvalue weighted by Gasteiger charge is -2.27. The van der Waals surface area contributed by atoms with E-state index in [1.165, 1.54) is 45.0 Å². The minimum Gasteiger partial charge on any atom is -0.452 e. The zero-order valence-corrected chi connectivity index (χ0v) is 18.5. The zero-order valence-electron chi connectivity index (χ0n) is 17.5. The number of hydrogen-bond acceptors (Lipinski definition) is 6. The molecular formula is C21H20F4O6Si. The number of hydrogen-bond donors (Lipinski definition) is 0. The first-order valence-corrected chi connectivity index (χ1v) is 11.4. The Morgan fingerprint density at radius 1 is 0.719 bits per heavy atom. The molecule has 0 amide bonds. The second kappa shape index (κ2) is 10.4. The second-order valence-electron chi connectivity index (χ2n) is 6.46. The van der Waals surface area contributed by atoms with Crippen molar-refractivity contribution in [2.45, 2.75) is 40.0 Å². The lowest BCUT2D eigenvalue weighted by atomic mass is 10.0. The molecule has 0 aliphatic carbocycles. The molecule has 0 aliphatic heterocycles. The average molecular weight is 472 g/mol. The lowest BCUT2D eigenvalue weighted by Crippen LogP contribution is -2.59. The summed E-state index contributed by atoms with van der Waals surface area (Å²) in [5.74, 6) is -9.52. The van der Waals surface area contributed by atoms with Gasteiger partial charge in [-0.25, -0.2) is 17.6 Å². The summed E-state index contributed by atoms with van der Waals surface area (Å²) in [5, 5.41) is -0.00452. The molecule has 0 saturated carbocycles. The highest BCUT2D eigenvalue weighted by atomic mass is 28.4. The highest BCUT2D eigenvalue weighted by Crippen LogP contribution is 2.28. The molecule has 6 nitrogen and oxygen atoms in total. The fourth-order valence-corrected chi connectivity index (χ4v) is 4.93. The molecule has 0 aromatic heterocycles. The monoisotopic (exact) mass is 472 g/mol. The van der Waals surface area contributed by atoms with Gasteiger partial charge in [0.2, 0.25) is 0 Å². The molecule has 0 heterocycles. The van der Waals surface area contributed by atoms with Gasteiger partial charge in [0.25, 0.3) is 17.9 Å². The summed E-state index contributed by atoms with van der Waals surface area (Å²) in [6, 6.07) is 5.24. The van der Waals surface area contributed by atoms with Crippen LogP contribution in [0.3, 0.4) is 0 Å². The van der Waals surface area contributed by atoms with Gasteiger partial charge in [-0.1, -0.05) is 45.0 Å². The Labute approximate surface area is 182 Å². The van der Waals surface area contributed by atoms with Crippen LogP contribution in [0.1, 0.15) is 40.0 Å². The molecule has 11 heteroatoms.